The van der Waals surface area contributed by atoms with Crippen LogP contribution in [0.3, 0.4) is 0 Å². The summed E-state index contributed by atoms with van der Waals surface area (Å²) in [4.78, 5) is 0. The normalized spacial score (nSPS) is 11.9. The van der Waals surface area contributed by atoms with E-state index in [9.17, 15) is 13.0 Å². The Balaban J connectivity index is 0. The second-order valence-electron chi connectivity index (χ2n) is 3.93. The summed E-state index contributed by atoms with van der Waals surface area (Å²) >= 11 is 0. The molecular weight excluding hydrogens is 232 g/mol. The lowest BCUT2D eigenvalue weighted by molar-refractivity contribution is -0.888. The fraction of sp³-hybridized carbons (Fsp3) is 1.00. The molecule has 0 atom stereocenters. The monoisotopic (exact) mass is 256 g/mol. The van der Waals surface area contributed by atoms with Gasteiger partial charge in [0.2, 0.25) is 10.4 Å². The van der Waals surface area contributed by atoms with Crippen LogP contribution >= 0.6 is 0 Å². The molecule has 0 radical (unpaired) electrons. The van der Waals surface area contributed by atoms with Gasteiger partial charge in [0.25, 0.3) is 0 Å². The van der Waals surface area contributed by atoms with Crippen molar-refractivity contribution >= 4 is 10.4 Å². The molecule has 0 bridgehead atoms. The van der Waals surface area contributed by atoms with Crippen molar-refractivity contribution < 1.29 is 21.6 Å². The fourth-order valence-corrected chi connectivity index (χ4v) is 1.11. The van der Waals surface area contributed by atoms with E-state index < -0.39 is 10.4 Å². The van der Waals surface area contributed by atoms with Gasteiger partial charge in [0, 0.05) is 6.42 Å². The smallest absolute Gasteiger partial charge is 0.217 e. The van der Waals surface area contributed by atoms with Crippen LogP contribution in [0, 0.1) is 0 Å². The Hall–Kier alpha value is -0.210. The van der Waals surface area contributed by atoms with Gasteiger partial charge in [-0.1, -0.05) is 0 Å². The zero-order chi connectivity index (χ0) is 13.2. The van der Waals surface area contributed by atoms with Gasteiger partial charge in [-0.25, -0.2) is 8.42 Å². The number of nitrogens with zero attached hydrogens (tertiary/aromatic N) is 1. The molecule has 0 saturated carbocycles. The highest BCUT2D eigenvalue weighted by Gasteiger charge is 2.08. The third-order valence-corrected chi connectivity index (χ3v) is 2.61. The summed E-state index contributed by atoms with van der Waals surface area (Å²) in [5.74, 6) is 0. The second-order valence-corrected chi connectivity index (χ2v) is 4.98. The van der Waals surface area contributed by atoms with E-state index in [1.165, 1.54) is 20.0 Å². The van der Waals surface area contributed by atoms with Crippen molar-refractivity contribution in [1.29, 1.82) is 0 Å². The summed E-state index contributed by atoms with van der Waals surface area (Å²) in [5, 5.41) is 0. The average molecular weight is 256 g/mol. The Kier molecular flexibility index (Phi) is 10.1. The molecule has 0 aliphatic rings. The molecule has 0 aromatic heterocycles. The highest BCUT2D eigenvalue weighted by atomic mass is 32.3. The van der Waals surface area contributed by atoms with Gasteiger partial charge in [-0.15, -0.1) is 0 Å². The zero-order valence-corrected chi connectivity index (χ0v) is 11.4. The molecule has 6 nitrogen and oxygen atoms in total. The van der Waals surface area contributed by atoms with Crippen LogP contribution in [-0.4, -0.2) is 57.8 Å². The maximum atomic E-state index is 9.45. The van der Waals surface area contributed by atoms with E-state index in [1.807, 2.05) is 0 Å². The highest BCUT2D eigenvalue weighted by molar-refractivity contribution is 7.80. The first-order valence-corrected chi connectivity index (χ1v) is 6.64. The largest absolute Gasteiger partial charge is 0.726 e. The molecule has 0 amide bonds. The Bertz CT molecular complexity index is 252. The van der Waals surface area contributed by atoms with E-state index in [0.29, 0.717) is 0 Å². The number of hydrogen-bond donors (Lipinski definition) is 1. The zero-order valence-electron chi connectivity index (χ0n) is 10.6. The third-order valence-electron chi connectivity index (χ3n) is 2.09. The quantitative estimate of drug-likeness (QED) is 0.407. The molecule has 0 aromatic rings. The van der Waals surface area contributed by atoms with Crippen LogP contribution in [0.4, 0.5) is 0 Å². The van der Waals surface area contributed by atoms with Crippen LogP contribution in [0.1, 0.15) is 20.3 Å². The van der Waals surface area contributed by atoms with Crippen molar-refractivity contribution in [3.63, 3.8) is 0 Å². The maximum absolute atomic E-state index is 9.45. The predicted octanol–water partition coefficient (Wildman–Crippen LogP) is -0.0854. The van der Waals surface area contributed by atoms with Crippen LogP contribution in [0.25, 0.3) is 0 Å². The first-order valence-electron chi connectivity index (χ1n) is 5.30. The molecule has 0 saturated heterocycles. The lowest BCUT2D eigenvalue weighted by Gasteiger charge is -2.27. The van der Waals surface area contributed by atoms with E-state index in [0.717, 1.165) is 17.4 Å². The molecule has 2 N–H and O–H groups in total. The minimum absolute atomic E-state index is 0.0914. The fourth-order valence-electron chi connectivity index (χ4n) is 0.822. The van der Waals surface area contributed by atoms with E-state index in [-0.39, 0.29) is 6.61 Å². The summed E-state index contributed by atoms with van der Waals surface area (Å²) in [7, 11) is 0.0394. The lowest BCUT2D eigenvalue weighted by Crippen LogP contribution is -2.40. The van der Waals surface area contributed by atoms with Crippen LogP contribution in [0.2, 0.25) is 0 Å². The SMILES string of the molecule is CCOS(=O)(=O)[O-].CC[N+](C)(C)CCCN. The molecule has 0 unspecified atom stereocenters. The van der Waals surface area contributed by atoms with Gasteiger partial charge < -0.3 is 14.8 Å². The predicted molar refractivity (Wildman–Crippen MR) is 62.5 cm³/mol. The van der Waals surface area contributed by atoms with Gasteiger partial charge in [0.05, 0.1) is 33.8 Å². The number of quaternary nitrogens is 1. The minimum Gasteiger partial charge on any atom is -0.726 e. The number of rotatable bonds is 6. The van der Waals surface area contributed by atoms with Crippen LogP contribution < -0.4 is 5.73 Å². The molecule has 0 fully saturated rings. The van der Waals surface area contributed by atoms with Crippen LogP contribution in [0.15, 0.2) is 0 Å². The molecule has 0 spiro atoms. The topological polar surface area (TPSA) is 92.5 Å². The number of nitrogens with two attached hydrogens (primary N) is 1. The second kappa shape index (κ2) is 8.89. The summed E-state index contributed by atoms with van der Waals surface area (Å²) in [6.45, 7) is 6.76. The molecule has 100 valence electrons. The van der Waals surface area contributed by atoms with Crippen molar-refractivity contribution in [3.8, 4) is 0 Å². The Labute approximate surface area is 98.9 Å². The van der Waals surface area contributed by atoms with Gasteiger partial charge >= 0.3 is 0 Å². The molecule has 0 aliphatic carbocycles. The molecule has 0 rings (SSSR count). The van der Waals surface area contributed by atoms with Gasteiger partial charge in [-0.05, 0) is 20.4 Å². The summed E-state index contributed by atoms with van der Waals surface area (Å²) in [5.41, 5.74) is 5.38. The van der Waals surface area contributed by atoms with Crippen molar-refractivity contribution in [2.75, 3.05) is 40.3 Å². The molecule has 0 aromatic carbocycles. The summed E-state index contributed by atoms with van der Waals surface area (Å²) in [6, 6.07) is 0. The van der Waals surface area contributed by atoms with Gasteiger partial charge in [0.15, 0.2) is 0 Å². The summed E-state index contributed by atoms with van der Waals surface area (Å²) < 4.78 is 33.1. The standard InChI is InChI=1S/C7H19N2.C2H6O4S/c1-4-9(2,3)7-5-6-8;1-2-6-7(3,4)5/h4-8H2,1-3H3;2H2,1H3,(H,3,4,5)/q+1;/p-1. The first kappa shape index (κ1) is 18.2. The average Bonchev–Trinajstić information content (AvgIpc) is 2.14. The summed E-state index contributed by atoms with van der Waals surface area (Å²) in [6.07, 6.45) is 1.14. The maximum Gasteiger partial charge on any atom is 0.217 e. The lowest BCUT2D eigenvalue weighted by atomic mass is 10.3. The molecular formula is C9H24N2O4S. The third kappa shape index (κ3) is 16.2. The van der Waals surface area contributed by atoms with Gasteiger partial charge in [-0.2, -0.15) is 0 Å². The van der Waals surface area contributed by atoms with E-state index >= 15 is 0 Å². The molecule has 16 heavy (non-hydrogen) atoms. The van der Waals surface area contributed by atoms with Crippen LogP contribution in [0.5, 0.6) is 0 Å². The van der Waals surface area contributed by atoms with Crippen molar-refractivity contribution in [2.24, 2.45) is 5.73 Å². The van der Waals surface area contributed by atoms with Gasteiger partial charge in [-0.3, -0.25) is 4.18 Å². The first-order chi connectivity index (χ1) is 7.18. The Morgan fingerprint density at radius 3 is 2.00 bits per heavy atom. The van der Waals surface area contributed by atoms with Crippen molar-refractivity contribution in [3.05, 3.63) is 0 Å². The molecule has 7 heteroatoms. The molecule has 0 heterocycles. The van der Waals surface area contributed by atoms with Crippen molar-refractivity contribution in [2.45, 2.75) is 20.3 Å². The Morgan fingerprint density at radius 2 is 1.81 bits per heavy atom. The van der Waals surface area contributed by atoms with Crippen LogP contribution in [-0.2, 0) is 14.6 Å². The van der Waals surface area contributed by atoms with Gasteiger partial charge in [0.1, 0.15) is 0 Å². The highest BCUT2D eigenvalue weighted by Crippen LogP contribution is 1.95. The number of hydrogen-bond acceptors (Lipinski definition) is 5. The van der Waals surface area contributed by atoms with E-state index in [4.69, 9.17) is 5.73 Å². The van der Waals surface area contributed by atoms with Crippen molar-refractivity contribution in [1.82, 2.24) is 0 Å². The van der Waals surface area contributed by atoms with E-state index in [1.54, 1.807) is 0 Å². The Morgan fingerprint density at radius 1 is 1.31 bits per heavy atom. The minimum atomic E-state index is -4.42. The molecule has 0 aliphatic heterocycles. The van der Waals surface area contributed by atoms with E-state index in [2.05, 4.69) is 25.2 Å².